The molecule has 2 aromatic heterocycles. The Hall–Kier alpha value is -4.57. The van der Waals surface area contributed by atoms with Crippen LogP contribution in [0.25, 0.3) is 27.8 Å². The number of nitrogens with zero attached hydrogens (tertiary/aromatic N) is 4. The molecular weight excluding hydrogens is 514 g/mol. The van der Waals surface area contributed by atoms with E-state index < -0.39 is 16.1 Å². The maximum absolute atomic E-state index is 12.3. The second-order valence-electron chi connectivity index (χ2n) is 9.21. The maximum Gasteiger partial charge on any atom is 0.418 e. The average Bonchev–Trinajstić information content (AvgIpc) is 3.30. The van der Waals surface area contributed by atoms with Gasteiger partial charge in [-0.1, -0.05) is 31.2 Å². The summed E-state index contributed by atoms with van der Waals surface area (Å²) in [6.07, 6.45) is 5.56. The minimum atomic E-state index is -4.12. The van der Waals surface area contributed by atoms with Crippen molar-refractivity contribution in [1.29, 1.82) is 0 Å². The van der Waals surface area contributed by atoms with Crippen molar-refractivity contribution >= 4 is 27.1 Å². The minimum absolute atomic E-state index is 0.0668. The first kappa shape index (κ1) is 26.1. The Labute approximate surface area is 226 Å². The highest BCUT2D eigenvalue weighted by atomic mass is 32.2. The van der Waals surface area contributed by atoms with Crippen LogP contribution in [0.5, 0.6) is 0 Å². The van der Waals surface area contributed by atoms with Crippen molar-refractivity contribution in [2.45, 2.75) is 38.0 Å². The molecule has 5 aromatic rings. The van der Waals surface area contributed by atoms with E-state index in [1.807, 2.05) is 6.92 Å². The smallest absolute Gasteiger partial charge is 0.418 e. The molecule has 0 atom stereocenters. The van der Waals surface area contributed by atoms with Crippen molar-refractivity contribution in [2.24, 2.45) is 0 Å². The van der Waals surface area contributed by atoms with Gasteiger partial charge in [-0.05, 0) is 78.4 Å². The van der Waals surface area contributed by atoms with Gasteiger partial charge in [-0.15, -0.1) is 0 Å². The SMILES string of the molecule is CCc1nc2cc(-c3cncnc3)ccc2n1-c1ccc(CCc2cc(S(=O)(=O)NC(=O)O)ccc2C)cc1. The largest absolute Gasteiger partial charge is 0.464 e. The van der Waals surface area contributed by atoms with Gasteiger partial charge in [0.25, 0.3) is 10.0 Å². The van der Waals surface area contributed by atoms with Crippen LogP contribution < -0.4 is 4.72 Å². The molecular formula is C29H27N5O4S. The number of sulfonamides is 1. The first-order chi connectivity index (χ1) is 18.7. The fourth-order valence-corrected chi connectivity index (χ4v) is 5.52. The number of hydrogen-bond acceptors (Lipinski definition) is 6. The number of amides is 1. The monoisotopic (exact) mass is 541 g/mol. The normalized spacial score (nSPS) is 11.5. The molecule has 0 fully saturated rings. The lowest BCUT2D eigenvalue weighted by Gasteiger charge is -2.11. The molecule has 0 aliphatic heterocycles. The van der Waals surface area contributed by atoms with Gasteiger partial charge in [0.15, 0.2) is 0 Å². The molecule has 0 spiro atoms. The van der Waals surface area contributed by atoms with Crippen LogP contribution in [0.3, 0.4) is 0 Å². The third-order valence-electron chi connectivity index (χ3n) is 6.66. The molecule has 198 valence electrons. The van der Waals surface area contributed by atoms with E-state index in [2.05, 4.69) is 63.9 Å². The van der Waals surface area contributed by atoms with E-state index in [4.69, 9.17) is 10.1 Å². The van der Waals surface area contributed by atoms with E-state index in [9.17, 15) is 13.2 Å². The van der Waals surface area contributed by atoms with Crippen LogP contribution in [0, 0.1) is 6.92 Å². The van der Waals surface area contributed by atoms with E-state index in [-0.39, 0.29) is 4.90 Å². The molecule has 3 aromatic carbocycles. The molecule has 39 heavy (non-hydrogen) atoms. The molecule has 5 rings (SSSR count). The molecule has 0 unspecified atom stereocenters. The zero-order chi connectivity index (χ0) is 27.6. The lowest BCUT2D eigenvalue weighted by atomic mass is 10.0. The summed E-state index contributed by atoms with van der Waals surface area (Å²) in [4.78, 5) is 23.9. The number of rotatable bonds is 8. The first-order valence-electron chi connectivity index (χ1n) is 12.5. The number of hydrogen-bond donors (Lipinski definition) is 2. The van der Waals surface area contributed by atoms with Crippen LogP contribution in [0.4, 0.5) is 4.79 Å². The number of carbonyl (C=O) groups is 1. The van der Waals surface area contributed by atoms with Crippen LogP contribution in [0.2, 0.25) is 0 Å². The Morgan fingerprint density at radius 3 is 2.38 bits per heavy atom. The number of nitrogens with one attached hydrogen (secondary N) is 1. The number of aromatic nitrogens is 4. The maximum atomic E-state index is 12.3. The summed E-state index contributed by atoms with van der Waals surface area (Å²) in [6, 6.07) is 19.1. The Morgan fingerprint density at radius 1 is 0.949 bits per heavy atom. The van der Waals surface area contributed by atoms with Gasteiger partial charge >= 0.3 is 6.09 Å². The summed E-state index contributed by atoms with van der Waals surface area (Å²) in [5.41, 5.74) is 7.77. The third-order valence-corrected chi connectivity index (χ3v) is 7.98. The van der Waals surface area contributed by atoms with Crippen molar-refractivity contribution in [2.75, 3.05) is 0 Å². The van der Waals surface area contributed by atoms with Crippen LogP contribution in [-0.4, -0.2) is 39.1 Å². The molecule has 0 aliphatic carbocycles. The van der Waals surface area contributed by atoms with E-state index in [0.29, 0.717) is 12.8 Å². The minimum Gasteiger partial charge on any atom is -0.464 e. The van der Waals surface area contributed by atoms with Gasteiger partial charge in [0.1, 0.15) is 12.2 Å². The predicted octanol–water partition coefficient (Wildman–Crippen LogP) is 5.09. The van der Waals surface area contributed by atoms with Crippen molar-refractivity contribution in [3.05, 3.63) is 102 Å². The first-order valence-corrected chi connectivity index (χ1v) is 13.9. The fourth-order valence-electron chi connectivity index (χ4n) is 4.63. The Bertz CT molecular complexity index is 1770. The molecule has 1 amide bonds. The molecule has 0 saturated carbocycles. The van der Waals surface area contributed by atoms with Crippen molar-refractivity contribution in [3.8, 4) is 16.8 Å². The summed E-state index contributed by atoms with van der Waals surface area (Å²) in [5, 5.41) is 8.83. The van der Waals surface area contributed by atoms with Gasteiger partial charge in [0, 0.05) is 30.1 Å². The van der Waals surface area contributed by atoms with Crippen molar-refractivity contribution in [3.63, 3.8) is 0 Å². The zero-order valence-corrected chi connectivity index (χ0v) is 22.3. The quantitative estimate of drug-likeness (QED) is 0.280. The van der Waals surface area contributed by atoms with Gasteiger partial charge < -0.3 is 5.11 Å². The molecule has 0 radical (unpaired) electrons. The number of fused-ring (bicyclic) bond motifs is 1. The summed E-state index contributed by atoms with van der Waals surface area (Å²) in [7, 11) is -4.12. The van der Waals surface area contributed by atoms with Gasteiger partial charge in [-0.2, -0.15) is 0 Å². The van der Waals surface area contributed by atoms with Crippen molar-refractivity contribution in [1.82, 2.24) is 24.2 Å². The second-order valence-corrected chi connectivity index (χ2v) is 10.9. The number of benzene rings is 3. The van der Waals surface area contributed by atoms with E-state index >= 15 is 0 Å². The lowest BCUT2D eigenvalue weighted by molar-refractivity contribution is 0.201. The van der Waals surface area contributed by atoms with E-state index in [1.54, 1.807) is 23.2 Å². The summed E-state index contributed by atoms with van der Waals surface area (Å²) in [5.74, 6) is 0.961. The highest BCUT2D eigenvalue weighted by Gasteiger charge is 2.18. The molecule has 0 saturated heterocycles. The summed E-state index contributed by atoms with van der Waals surface area (Å²) >= 11 is 0. The Balaban J connectivity index is 1.38. The molecule has 0 bridgehead atoms. The van der Waals surface area contributed by atoms with E-state index in [0.717, 1.165) is 56.8 Å². The standard InChI is InChI=1S/C29H27N5O4S/c1-3-28-32-26-15-22(23-16-30-18-31-17-23)9-13-27(26)34(28)24-10-6-20(7-11-24)5-8-21-14-25(12-4-19(21)2)39(37,38)33-29(35)36/h4,6-7,9-18,33H,3,5,8H2,1-2H3,(H,35,36). The fraction of sp³-hybridized carbons (Fsp3) is 0.172. The highest BCUT2D eigenvalue weighted by molar-refractivity contribution is 7.90. The molecule has 2 N–H and O–H groups in total. The van der Waals surface area contributed by atoms with Crippen LogP contribution in [0.15, 0.2) is 84.3 Å². The predicted molar refractivity (Wildman–Crippen MR) is 148 cm³/mol. The summed E-state index contributed by atoms with van der Waals surface area (Å²) in [6.45, 7) is 3.99. The zero-order valence-electron chi connectivity index (χ0n) is 21.5. The topological polar surface area (TPSA) is 127 Å². The number of aryl methyl sites for hydroxylation is 4. The van der Waals surface area contributed by atoms with E-state index in [1.165, 1.54) is 18.5 Å². The third kappa shape index (κ3) is 5.51. The Morgan fingerprint density at radius 2 is 1.69 bits per heavy atom. The molecule has 0 aliphatic rings. The molecule has 9 nitrogen and oxygen atoms in total. The van der Waals surface area contributed by atoms with Crippen LogP contribution in [0.1, 0.15) is 29.4 Å². The second kappa shape index (κ2) is 10.7. The van der Waals surface area contributed by atoms with Crippen LogP contribution in [-0.2, 0) is 29.3 Å². The van der Waals surface area contributed by atoms with Gasteiger partial charge in [-0.25, -0.2) is 32.9 Å². The molecule has 2 heterocycles. The lowest BCUT2D eigenvalue weighted by Crippen LogP contribution is -2.28. The van der Waals surface area contributed by atoms with Gasteiger partial charge in [0.05, 0.1) is 15.9 Å². The summed E-state index contributed by atoms with van der Waals surface area (Å²) < 4.78 is 28.3. The van der Waals surface area contributed by atoms with Gasteiger partial charge in [0.2, 0.25) is 0 Å². The number of carboxylic acid groups (broad SMARTS) is 1. The average molecular weight is 542 g/mol. The van der Waals surface area contributed by atoms with Crippen molar-refractivity contribution < 1.29 is 18.3 Å². The van der Waals surface area contributed by atoms with Crippen LogP contribution >= 0.6 is 0 Å². The van der Waals surface area contributed by atoms with Gasteiger partial charge in [-0.3, -0.25) is 4.57 Å². The Kier molecular flexibility index (Phi) is 7.12. The number of imidazole rings is 1. The highest BCUT2D eigenvalue weighted by Crippen LogP contribution is 2.27. The molecule has 10 heteroatoms.